The van der Waals surface area contributed by atoms with Gasteiger partial charge in [0.2, 0.25) is 5.91 Å². The molecule has 7 heteroatoms. The van der Waals surface area contributed by atoms with Crippen molar-refractivity contribution in [2.45, 2.75) is 36.6 Å². The second-order valence-corrected chi connectivity index (χ2v) is 9.22. The second kappa shape index (κ2) is 7.42. The predicted octanol–water partition coefficient (Wildman–Crippen LogP) is 2.10. The molecule has 0 unspecified atom stereocenters. The highest BCUT2D eigenvalue weighted by Gasteiger charge is 2.31. The van der Waals surface area contributed by atoms with Crippen LogP contribution in [0.25, 0.3) is 0 Å². The molecule has 0 radical (unpaired) electrons. The summed E-state index contributed by atoms with van der Waals surface area (Å²) >= 11 is 5.80. The van der Waals surface area contributed by atoms with Crippen LogP contribution >= 0.6 is 11.6 Å². The van der Waals surface area contributed by atoms with Gasteiger partial charge in [0.15, 0.2) is 9.84 Å². The van der Waals surface area contributed by atoms with Gasteiger partial charge >= 0.3 is 0 Å². The number of benzene rings is 1. The van der Waals surface area contributed by atoms with E-state index in [1.807, 2.05) is 0 Å². The standard InChI is InChI=1S/C17H23ClN2O3S/c18-14-3-5-16(6-4-14)24(22,23)12-11-20-9-7-15(8-10-20)19-17(21)13-1-2-13/h3-6,13,15H,1-2,7-12H2,(H,19,21). The lowest BCUT2D eigenvalue weighted by molar-refractivity contribution is -0.123. The molecule has 1 heterocycles. The van der Waals surface area contributed by atoms with Crippen molar-refractivity contribution in [2.24, 2.45) is 5.92 Å². The molecule has 5 nitrogen and oxygen atoms in total. The summed E-state index contributed by atoms with van der Waals surface area (Å²) in [5.41, 5.74) is 0. The van der Waals surface area contributed by atoms with Crippen molar-refractivity contribution in [1.82, 2.24) is 10.2 Å². The van der Waals surface area contributed by atoms with Gasteiger partial charge in [-0.15, -0.1) is 0 Å². The summed E-state index contributed by atoms with van der Waals surface area (Å²) in [7, 11) is -3.28. The van der Waals surface area contributed by atoms with Gasteiger partial charge in [0.05, 0.1) is 10.6 Å². The molecule has 1 saturated heterocycles. The fourth-order valence-electron chi connectivity index (χ4n) is 2.97. The number of rotatable bonds is 6. The third-order valence-corrected chi connectivity index (χ3v) is 6.69. The Labute approximate surface area is 148 Å². The van der Waals surface area contributed by atoms with Crippen LogP contribution < -0.4 is 5.32 Å². The summed E-state index contributed by atoms with van der Waals surface area (Å²) in [6.07, 6.45) is 3.82. The van der Waals surface area contributed by atoms with Crippen molar-refractivity contribution in [2.75, 3.05) is 25.4 Å². The zero-order chi connectivity index (χ0) is 17.2. The average molecular weight is 371 g/mol. The number of carbonyl (C=O) groups is 1. The fourth-order valence-corrected chi connectivity index (χ4v) is 4.39. The van der Waals surface area contributed by atoms with Crippen LogP contribution in [-0.2, 0) is 14.6 Å². The molecule has 0 atom stereocenters. The van der Waals surface area contributed by atoms with Crippen LogP contribution in [0.4, 0.5) is 0 Å². The first-order valence-electron chi connectivity index (χ1n) is 8.45. The molecule has 1 aliphatic carbocycles. The SMILES string of the molecule is O=C(NC1CCN(CCS(=O)(=O)c2ccc(Cl)cc2)CC1)C1CC1. The maximum absolute atomic E-state index is 12.4. The number of halogens is 1. The van der Waals surface area contributed by atoms with E-state index in [1.165, 1.54) is 0 Å². The van der Waals surface area contributed by atoms with Crippen LogP contribution in [-0.4, -0.2) is 50.7 Å². The number of nitrogens with zero attached hydrogens (tertiary/aromatic N) is 1. The zero-order valence-electron chi connectivity index (χ0n) is 13.6. The van der Waals surface area contributed by atoms with Gasteiger partial charge in [-0.3, -0.25) is 4.79 Å². The third-order valence-electron chi connectivity index (χ3n) is 4.73. The number of nitrogens with one attached hydrogen (secondary N) is 1. The lowest BCUT2D eigenvalue weighted by Gasteiger charge is -2.32. The van der Waals surface area contributed by atoms with Gasteiger partial charge < -0.3 is 10.2 Å². The van der Waals surface area contributed by atoms with Gasteiger partial charge in [0.25, 0.3) is 0 Å². The Morgan fingerprint density at radius 3 is 2.33 bits per heavy atom. The third kappa shape index (κ3) is 4.71. The molecule has 2 fully saturated rings. The van der Waals surface area contributed by atoms with E-state index in [9.17, 15) is 13.2 Å². The fraction of sp³-hybridized carbons (Fsp3) is 0.588. The molecule has 0 spiro atoms. The van der Waals surface area contributed by atoms with Crippen LogP contribution in [0.3, 0.4) is 0 Å². The Morgan fingerprint density at radius 2 is 1.75 bits per heavy atom. The lowest BCUT2D eigenvalue weighted by Crippen LogP contribution is -2.46. The van der Waals surface area contributed by atoms with Crippen molar-refractivity contribution >= 4 is 27.3 Å². The Bertz CT molecular complexity index is 678. The molecule has 2 aliphatic rings. The molecule has 24 heavy (non-hydrogen) atoms. The van der Waals surface area contributed by atoms with E-state index in [1.54, 1.807) is 24.3 Å². The Kier molecular flexibility index (Phi) is 5.47. The zero-order valence-corrected chi connectivity index (χ0v) is 15.2. The quantitative estimate of drug-likeness (QED) is 0.832. The monoisotopic (exact) mass is 370 g/mol. The van der Waals surface area contributed by atoms with Crippen molar-refractivity contribution in [3.05, 3.63) is 29.3 Å². The first kappa shape index (κ1) is 17.7. The topological polar surface area (TPSA) is 66.5 Å². The number of carbonyl (C=O) groups excluding carboxylic acids is 1. The Hall–Kier alpha value is -1.11. The molecule has 132 valence electrons. The maximum Gasteiger partial charge on any atom is 0.223 e. The van der Waals surface area contributed by atoms with Gasteiger partial charge in [-0.1, -0.05) is 11.6 Å². The number of hydrogen-bond acceptors (Lipinski definition) is 4. The van der Waals surface area contributed by atoms with Crippen molar-refractivity contribution in [3.63, 3.8) is 0 Å². The summed E-state index contributed by atoms with van der Waals surface area (Å²) in [6, 6.07) is 6.54. The van der Waals surface area contributed by atoms with Gasteiger partial charge in [0, 0.05) is 36.6 Å². The van der Waals surface area contributed by atoms with Crippen molar-refractivity contribution in [3.8, 4) is 0 Å². The smallest absolute Gasteiger partial charge is 0.223 e. The van der Waals surface area contributed by atoms with E-state index in [2.05, 4.69) is 10.2 Å². The molecular formula is C17H23ClN2O3S. The van der Waals surface area contributed by atoms with Crippen LogP contribution in [0, 0.1) is 5.92 Å². The molecule has 1 aromatic rings. The highest BCUT2D eigenvalue weighted by molar-refractivity contribution is 7.91. The van der Waals surface area contributed by atoms with Crippen LogP contribution in [0.2, 0.25) is 5.02 Å². The molecular weight excluding hydrogens is 348 g/mol. The maximum atomic E-state index is 12.4. The first-order chi connectivity index (χ1) is 11.4. The normalized spacial score (nSPS) is 20.0. The minimum atomic E-state index is -3.28. The molecule has 1 aromatic carbocycles. The van der Waals surface area contributed by atoms with E-state index >= 15 is 0 Å². The summed E-state index contributed by atoms with van der Waals surface area (Å²) < 4.78 is 24.7. The van der Waals surface area contributed by atoms with Gasteiger partial charge in [-0.25, -0.2) is 8.42 Å². The molecule has 1 amide bonds. The average Bonchev–Trinajstić information content (AvgIpc) is 3.40. The first-order valence-corrected chi connectivity index (χ1v) is 10.5. The van der Waals surface area contributed by atoms with Gasteiger partial charge in [-0.2, -0.15) is 0 Å². The molecule has 3 rings (SSSR count). The van der Waals surface area contributed by atoms with E-state index in [0.29, 0.717) is 16.5 Å². The summed E-state index contributed by atoms with van der Waals surface area (Å²) in [4.78, 5) is 14.3. The minimum Gasteiger partial charge on any atom is -0.353 e. The number of hydrogen-bond donors (Lipinski definition) is 1. The second-order valence-electron chi connectivity index (χ2n) is 6.67. The van der Waals surface area contributed by atoms with E-state index in [-0.39, 0.29) is 23.6 Å². The van der Waals surface area contributed by atoms with Crippen molar-refractivity contribution < 1.29 is 13.2 Å². The molecule has 0 bridgehead atoms. The molecule has 1 N–H and O–H groups in total. The molecule has 1 saturated carbocycles. The van der Waals surface area contributed by atoms with E-state index in [4.69, 9.17) is 11.6 Å². The highest BCUT2D eigenvalue weighted by Crippen LogP contribution is 2.29. The Balaban J connectivity index is 1.44. The molecule has 0 aromatic heterocycles. The van der Waals surface area contributed by atoms with Crippen LogP contribution in [0.1, 0.15) is 25.7 Å². The molecule has 1 aliphatic heterocycles. The number of piperidine rings is 1. The number of amides is 1. The van der Waals surface area contributed by atoms with Crippen LogP contribution in [0.5, 0.6) is 0 Å². The summed E-state index contributed by atoms with van der Waals surface area (Å²) in [5.74, 6) is 0.541. The summed E-state index contributed by atoms with van der Waals surface area (Å²) in [6.45, 7) is 2.17. The largest absolute Gasteiger partial charge is 0.353 e. The Morgan fingerprint density at radius 1 is 1.12 bits per heavy atom. The van der Waals surface area contributed by atoms with E-state index < -0.39 is 9.84 Å². The highest BCUT2D eigenvalue weighted by atomic mass is 35.5. The van der Waals surface area contributed by atoms with Crippen LogP contribution in [0.15, 0.2) is 29.2 Å². The van der Waals surface area contributed by atoms with E-state index in [0.717, 1.165) is 38.8 Å². The predicted molar refractivity (Wildman–Crippen MR) is 93.8 cm³/mol. The minimum absolute atomic E-state index is 0.105. The lowest BCUT2D eigenvalue weighted by atomic mass is 10.0. The van der Waals surface area contributed by atoms with Crippen molar-refractivity contribution in [1.29, 1.82) is 0 Å². The van der Waals surface area contributed by atoms with Gasteiger partial charge in [0.1, 0.15) is 0 Å². The number of likely N-dealkylation sites (tertiary alicyclic amines) is 1. The summed E-state index contributed by atoms with van der Waals surface area (Å²) in [5, 5.41) is 3.64. The number of sulfone groups is 1. The van der Waals surface area contributed by atoms with Gasteiger partial charge in [-0.05, 0) is 49.9 Å².